The van der Waals surface area contributed by atoms with Crippen molar-refractivity contribution < 1.29 is 13.2 Å². The largest absolute Gasteiger partial charge is 0.492 e. The summed E-state index contributed by atoms with van der Waals surface area (Å²) in [4.78, 5) is 6.58. The molecular formula is C18H30N2O3S. The Morgan fingerprint density at radius 3 is 2.67 bits per heavy atom. The molecule has 0 aliphatic carbocycles. The fourth-order valence-electron chi connectivity index (χ4n) is 3.19. The van der Waals surface area contributed by atoms with Crippen LogP contribution in [0.25, 0.3) is 0 Å². The minimum absolute atomic E-state index is 0.129. The van der Waals surface area contributed by atoms with Gasteiger partial charge in [-0.15, -0.1) is 0 Å². The maximum absolute atomic E-state index is 11.6. The van der Waals surface area contributed by atoms with E-state index in [1.807, 2.05) is 0 Å². The van der Waals surface area contributed by atoms with Gasteiger partial charge in [-0.05, 0) is 43.4 Å². The van der Waals surface area contributed by atoms with E-state index >= 15 is 0 Å². The lowest BCUT2D eigenvalue weighted by Gasteiger charge is -2.17. The molecule has 0 saturated carbocycles. The van der Waals surface area contributed by atoms with E-state index in [0.29, 0.717) is 29.8 Å². The first-order chi connectivity index (χ1) is 11.2. The van der Waals surface area contributed by atoms with Crippen LogP contribution in [0.3, 0.4) is 0 Å². The second-order valence-electron chi connectivity index (χ2n) is 7.56. The molecule has 1 aromatic heterocycles. The van der Waals surface area contributed by atoms with E-state index in [2.05, 4.69) is 30.7 Å². The van der Waals surface area contributed by atoms with Gasteiger partial charge in [-0.1, -0.05) is 20.8 Å². The molecule has 2 unspecified atom stereocenters. The van der Waals surface area contributed by atoms with Crippen LogP contribution in [0.5, 0.6) is 5.75 Å². The first-order valence-corrected chi connectivity index (χ1v) is 10.6. The Labute approximate surface area is 146 Å². The van der Waals surface area contributed by atoms with Crippen molar-refractivity contribution in [1.29, 1.82) is 0 Å². The molecule has 5 nitrogen and oxygen atoms in total. The van der Waals surface area contributed by atoms with Crippen molar-refractivity contribution in [1.82, 2.24) is 9.88 Å². The molecule has 2 heterocycles. The summed E-state index contributed by atoms with van der Waals surface area (Å²) in [7, 11) is -3.28. The lowest BCUT2D eigenvalue weighted by atomic mass is 9.99. The summed E-state index contributed by atoms with van der Waals surface area (Å²) >= 11 is 0. The van der Waals surface area contributed by atoms with E-state index in [9.17, 15) is 8.42 Å². The van der Waals surface area contributed by atoms with Crippen LogP contribution in [0.4, 0.5) is 0 Å². The van der Waals surface area contributed by atoms with E-state index in [1.165, 1.54) is 18.9 Å². The Morgan fingerprint density at radius 2 is 2.08 bits per heavy atom. The minimum Gasteiger partial charge on any atom is -0.492 e. The number of nitrogens with zero attached hydrogens (tertiary/aromatic N) is 2. The summed E-state index contributed by atoms with van der Waals surface area (Å²) in [5.41, 5.74) is 0.632. The van der Waals surface area contributed by atoms with E-state index in [-0.39, 0.29) is 5.03 Å². The number of rotatable bonds is 7. The zero-order valence-corrected chi connectivity index (χ0v) is 16.3. The summed E-state index contributed by atoms with van der Waals surface area (Å²) in [6.45, 7) is 12.6. The summed E-state index contributed by atoms with van der Waals surface area (Å²) in [5.74, 6) is 2.50. The first-order valence-electron chi connectivity index (χ1n) is 8.68. The summed E-state index contributed by atoms with van der Waals surface area (Å²) < 4.78 is 29.1. The fourth-order valence-corrected chi connectivity index (χ4v) is 4.08. The number of likely N-dealkylation sites (tertiary alicyclic amines) is 1. The molecule has 24 heavy (non-hydrogen) atoms. The van der Waals surface area contributed by atoms with Crippen LogP contribution in [0.15, 0.2) is 17.3 Å². The maximum Gasteiger partial charge on any atom is 0.193 e. The Morgan fingerprint density at radius 1 is 1.38 bits per heavy atom. The van der Waals surface area contributed by atoms with E-state index in [0.717, 1.165) is 25.6 Å². The fraction of sp³-hybridized carbons (Fsp3) is 0.722. The van der Waals surface area contributed by atoms with Gasteiger partial charge in [-0.25, -0.2) is 13.4 Å². The molecule has 1 aliphatic heterocycles. The van der Waals surface area contributed by atoms with Crippen LogP contribution in [0, 0.1) is 24.7 Å². The second-order valence-corrected chi connectivity index (χ2v) is 9.49. The van der Waals surface area contributed by atoms with Gasteiger partial charge in [0.2, 0.25) is 0 Å². The van der Waals surface area contributed by atoms with Crippen LogP contribution in [0.2, 0.25) is 0 Å². The van der Waals surface area contributed by atoms with Crippen LogP contribution < -0.4 is 4.74 Å². The molecule has 136 valence electrons. The molecule has 1 aliphatic rings. The molecule has 1 aromatic rings. The lowest BCUT2D eigenvalue weighted by Crippen LogP contribution is -2.24. The average molecular weight is 355 g/mol. The number of sulfone groups is 1. The van der Waals surface area contributed by atoms with Crippen molar-refractivity contribution in [3.8, 4) is 5.75 Å². The molecule has 1 saturated heterocycles. The third-order valence-corrected chi connectivity index (χ3v) is 5.82. The number of aryl methyl sites for hydroxylation is 1. The number of pyridine rings is 1. The Kier molecular flexibility index (Phi) is 6.26. The number of hydrogen-bond acceptors (Lipinski definition) is 5. The van der Waals surface area contributed by atoms with Crippen molar-refractivity contribution in [3.05, 3.63) is 17.8 Å². The smallest absolute Gasteiger partial charge is 0.193 e. The topological polar surface area (TPSA) is 59.5 Å². The first kappa shape index (κ1) is 19.2. The van der Waals surface area contributed by atoms with E-state index < -0.39 is 9.84 Å². The average Bonchev–Trinajstić information content (AvgIpc) is 2.82. The molecule has 0 N–H and O–H groups in total. The van der Waals surface area contributed by atoms with Crippen LogP contribution in [-0.2, 0) is 9.84 Å². The molecule has 6 heteroatoms. The van der Waals surface area contributed by atoms with E-state index in [4.69, 9.17) is 4.74 Å². The SMILES string of the molecule is Cc1cc(OCC2CN(CCC(C)C)CC2C)cnc1S(C)(=O)=O. The van der Waals surface area contributed by atoms with Crippen molar-refractivity contribution in [2.45, 2.75) is 39.1 Å². The molecule has 0 amide bonds. The summed E-state index contributed by atoms with van der Waals surface area (Å²) in [6.07, 6.45) is 3.92. The molecule has 0 aromatic carbocycles. The van der Waals surface area contributed by atoms with Crippen molar-refractivity contribution in [2.24, 2.45) is 17.8 Å². The molecule has 1 fully saturated rings. The van der Waals surface area contributed by atoms with Crippen LogP contribution >= 0.6 is 0 Å². The third-order valence-electron chi connectivity index (χ3n) is 4.69. The number of aromatic nitrogens is 1. The second kappa shape index (κ2) is 7.83. The molecule has 2 atom stereocenters. The summed E-state index contributed by atoms with van der Waals surface area (Å²) in [6, 6.07) is 1.76. The predicted molar refractivity (Wildman–Crippen MR) is 96.1 cm³/mol. The highest BCUT2D eigenvalue weighted by molar-refractivity contribution is 7.90. The lowest BCUT2D eigenvalue weighted by molar-refractivity contribution is 0.223. The van der Waals surface area contributed by atoms with Gasteiger partial charge in [0.05, 0.1) is 12.8 Å². The van der Waals surface area contributed by atoms with Crippen LogP contribution in [-0.4, -0.2) is 50.8 Å². The highest BCUT2D eigenvalue weighted by atomic mass is 32.2. The predicted octanol–water partition coefficient (Wildman–Crippen LogP) is 2.79. The van der Waals surface area contributed by atoms with E-state index in [1.54, 1.807) is 13.0 Å². The van der Waals surface area contributed by atoms with Crippen LogP contribution in [0.1, 0.15) is 32.8 Å². The van der Waals surface area contributed by atoms with Gasteiger partial charge in [0.15, 0.2) is 14.9 Å². The van der Waals surface area contributed by atoms with Crippen molar-refractivity contribution in [2.75, 3.05) is 32.5 Å². The highest BCUT2D eigenvalue weighted by Crippen LogP contribution is 2.25. The maximum atomic E-state index is 11.6. The monoisotopic (exact) mass is 354 g/mol. The highest BCUT2D eigenvalue weighted by Gasteiger charge is 2.29. The molecule has 0 spiro atoms. The normalized spacial score (nSPS) is 22.2. The third kappa shape index (κ3) is 5.18. The Balaban J connectivity index is 1.90. The van der Waals surface area contributed by atoms with Gasteiger partial charge in [0.1, 0.15) is 5.75 Å². The summed E-state index contributed by atoms with van der Waals surface area (Å²) in [5, 5.41) is 0.129. The van der Waals surface area contributed by atoms with Gasteiger partial charge in [0.25, 0.3) is 0 Å². The van der Waals surface area contributed by atoms with Gasteiger partial charge < -0.3 is 9.64 Å². The molecule has 0 radical (unpaired) electrons. The minimum atomic E-state index is -3.28. The Bertz CT molecular complexity index is 658. The van der Waals surface area contributed by atoms with Gasteiger partial charge in [-0.3, -0.25) is 0 Å². The zero-order chi connectivity index (χ0) is 17.9. The standard InChI is InChI=1S/C18H30N2O3S/c1-13(2)6-7-20-10-15(4)16(11-20)12-23-17-8-14(3)18(19-9-17)24(5,21)22/h8-9,13,15-16H,6-7,10-12H2,1-5H3. The van der Waals surface area contributed by atoms with Gasteiger partial charge in [-0.2, -0.15) is 0 Å². The van der Waals surface area contributed by atoms with Crippen molar-refractivity contribution in [3.63, 3.8) is 0 Å². The molecular weight excluding hydrogens is 324 g/mol. The quantitative estimate of drug-likeness (QED) is 0.753. The number of ether oxygens (including phenoxy) is 1. The Hall–Kier alpha value is -1.14. The molecule has 2 rings (SSSR count). The molecule has 0 bridgehead atoms. The van der Waals surface area contributed by atoms with Crippen molar-refractivity contribution >= 4 is 9.84 Å². The van der Waals surface area contributed by atoms with Gasteiger partial charge >= 0.3 is 0 Å². The zero-order valence-electron chi connectivity index (χ0n) is 15.4. The number of hydrogen-bond donors (Lipinski definition) is 0. The van der Waals surface area contributed by atoms with Gasteiger partial charge in [0, 0.05) is 25.3 Å².